The van der Waals surface area contributed by atoms with Gasteiger partial charge in [0.05, 0.1) is 23.7 Å². The molecular weight excluding hydrogens is 326 g/mol. The Bertz CT molecular complexity index is 615. The lowest BCUT2D eigenvalue weighted by atomic mass is 9.86. The van der Waals surface area contributed by atoms with Crippen LogP contribution in [0.15, 0.2) is 18.3 Å². The molecule has 0 unspecified atom stereocenters. The van der Waals surface area contributed by atoms with E-state index in [1.807, 2.05) is 12.1 Å². The molecule has 7 heteroatoms. The summed E-state index contributed by atoms with van der Waals surface area (Å²) in [5, 5.41) is 3.40. The Balaban J connectivity index is 1.76. The van der Waals surface area contributed by atoms with Crippen LogP contribution in [-0.2, 0) is 10.0 Å². The van der Waals surface area contributed by atoms with Crippen molar-refractivity contribution in [1.82, 2.24) is 9.71 Å². The van der Waals surface area contributed by atoms with Crippen molar-refractivity contribution < 1.29 is 13.2 Å². The summed E-state index contributed by atoms with van der Waals surface area (Å²) < 4.78 is 31.6. The van der Waals surface area contributed by atoms with Crippen LogP contribution < -0.4 is 14.8 Å². The number of aromatic nitrogens is 1. The van der Waals surface area contributed by atoms with E-state index in [2.05, 4.69) is 15.0 Å². The molecule has 24 heavy (non-hydrogen) atoms. The van der Waals surface area contributed by atoms with E-state index in [-0.39, 0.29) is 6.04 Å². The summed E-state index contributed by atoms with van der Waals surface area (Å²) in [7, 11) is -1.66. The summed E-state index contributed by atoms with van der Waals surface area (Å²) in [5.74, 6) is 1.16. The van der Waals surface area contributed by atoms with E-state index in [4.69, 9.17) is 4.74 Å². The predicted octanol–water partition coefficient (Wildman–Crippen LogP) is 2.78. The van der Waals surface area contributed by atoms with Gasteiger partial charge in [-0.15, -0.1) is 0 Å². The fourth-order valence-corrected chi connectivity index (χ4v) is 3.78. The Hall–Kier alpha value is -1.34. The van der Waals surface area contributed by atoms with Crippen molar-refractivity contribution in [3.05, 3.63) is 18.3 Å². The van der Waals surface area contributed by atoms with Gasteiger partial charge < -0.3 is 10.1 Å². The molecule has 0 atom stereocenters. The summed E-state index contributed by atoms with van der Waals surface area (Å²) in [6.45, 7) is 6.07. The minimum absolute atomic E-state index is 0.0631. The molecule has 1 saturated carbocycles. The highest BCUT2D eigenvalue weighted by Gasteiger charge is 2.32. The van der Waals surface area contributed by atoms with Crippen LogP contribution in [0.3, 0.4) is 0 Å². The molecule has 1 aliphatic rings. The third kappa shape index (κ3) is 5.08. The Kier molecular flexibility index (Phi) is 6.09. The maximum absolute atomic E-state index is 12.2. The number of nitrogens with zero attached hydrogens (tertiary/aromatic N) is 1. The first kappa shape index (κ1) is 19.0. The number of nitrogens with one attached hydrogen (secondary N) is 2. The molecule has 136 valence electrons. The Morgan fingerprint density at radius 3 is 2.38 bits per heavy atom. The van der Waals surface area contributed by atoms with Gasteiger partial charge in [-0.1, -0.05) is 0 Å². The summed E-state index contributed by atoms with van der Waals surface area (Å²) in [6.07, 6.45) is 5.59. The molecule has 0 radical (unpaired) electrons. The van der Waals surface area contributed by atoms with Crippen LogP contribution in [0.5, 0.6) is 5.88 Å². The fraction of sp³-hybridized carbons (Fsp3) is 0.706. The van der Waals surface area contributed by atoms with Crippen LogP contribution in [0.1, 0.15) is 46.5 Å². The van der Waals surface area contributed by atoms with Gasteiger partial charge in [0, 0.05) is 18.7 Å². The zero-order valence-electron chi connectivity index (χ0n) is 15.0. The highest BCUT2D eigenvalue weighted by molar-refractivity contribution is 7.90. The monoisotopic (exact) mass is 355 g/mol. The van der Waals surface area contributed by atoms with Crippen LogP contribution in [0.25, 0.3) is 0 Å². The number of sulfonamides is 1. The van der Waals surface area contributed by atoms with E-state index in [0.29, 0.717) is 11.8 Å². The summed E-state index contributed by atoms with van der Waals surface area (Å²) in [5.41, 5.74) is 0.978. The number of anilines is 1. The second kappa shape index (κ2) is 7.70. The molecular formula is C17H29N3O3S. The van der Waals surface area contributed by atoms with Crippen LogP contribution in [0.2, 0.25) is 0 Å². The first-order valence-electron chi connectivity index (χ1n) is 8.47. The van der Waals surface area contributed by atoms with Gasteiger partial charge in [-0.25, -0.2) is 18.1 Å². The minimum atomic E-state index is -3.26. The lowest BCUT2D eigenvalue weighted by Crippen LogP contribution is -2.46. The van der Waals surface area contributed by atoms with Gasteiger partial charge in [-0.2, -0.15) is 0 Å². The number of ether oxygens (including phenoxy) is 1. The zero-order valence-corrected chi connectivity index (χ0v) is 15.8. The zero-order chi connectivity index (χ0) is 17.8. The van der Waals surface area contributed by atoms with Crippen LogP contribution in [-0.4, -0.2) is 37.8 Å². The first-order valence-corrected chi connectivity index (χ1v) is 9.95. The molecule has 1 aromatic heterocycles. The third-order valence-electron chi connectivity index (χ3n) is 4.52. The summed E-state index contributed by atoms with van der Waals surface area (Å²) >= 11 is 0. The first-order chi connectivity index (χ1) is 11.2. The van der Waals surface area contributed by atoms with Crippen molar-refractivity contribution in [2.24, 2.45) is 5.92 Å². The van der Waals surface area contributed by atoms with Crippen molar-refractivity contribution in [2.45, 2.75) is 57.2 Å². The Morgan fingerprint density at radius 1 is 1.21 bits per heavy atom. The van der Waals surface area contributed by atoms with Crippen molar-refractivity contribution in [2.75, 3.05) is 19.0 Å². The topological polar surface area (TPSA) is 80.3 Å². The molecule has 1 aromatic rings. The summed E-state index contributed by atoms with van der Waals surface area (Å²) in [6, 6.07) is 3.85. The fourth-order valence-electron chi connectivity index (χ4n) is 2.75. The Morgan fingerprint density at radius 2 is 1.88 bits per heavy atom. The van der Waals surface area contributed by atoms with E-state index in [1.165, 1.54) is 0 Å². The van der Waals surface area contributed by atoms with Crippen LogP contribution in [0, 0.1) is 5.92 Å². The number of hydrogen-bond donors (Lipinski definition) is 2. The van der Waals surface area contributed by atoms with Crippen molar-refractivity contribution in [3.63, 3.8) is 0 Å². The lowest BCUT2D eigenvalue weighted by Gasteiger charge is -2.31. The van der Waals surface area contributed by atoms with E-state index < -0.39 is 14.8 Å². The van der Waals surface area contributed by atoms with Gasteiger partial charge >= 0.3 is 0 Å². The molecule has 0 aromatic carbocycles. The Labute approximate surface area is 145 Å². The molecule has 6 nitrogen and oxygen atoms in total. The lowest BCUT2D eigenvalue weighted by molar-refractivity contribution is 0.322. The molecule has 2 rings (SSSR count). The quantitative estimate of drug-likeness (QED) is 0.820. The van der Waals surface area contributed by atoms with Crippen molar-refractivity contribution >= 4 is 15.7 Å². The molecule has 1 fully saturated rings. The summed E-state index contributed by atoms with van der Waals surface area (Å²) in [4.78, 5) is 4.17. The number of hydrogen-bond acceptors (Lipinski definition) is 5. The van der Waals surface area contributed by atoms with Crippen LogP contribution >= 0.6 is 0 Å². The normalized spacial score (nSPS) is 22.2. The minimum Gasteiger partial charge on any atom is -0.481 e. The molecule has 0 spiro atoms. The average Bonchev–Trinajstić information content (AvgIpc) is 2.53. The maximum Gasteiger partial charge on any atom is 0.216 e. The van der Waals surface area contributed by atoms with E-state index in [9.17, 15) is 8.42 Å². The van der Waals surface area contributed by atoms with E-state index in [0.717, 1.165) is 37.9 Å². The smallest absolute Gasteiger partial charge is 0.216 e. The second-order valence-corrected chi connectivity index (χ2v) is 9.89. The van der Waals surface area contributed by atoms with Gasteiger partial charge in [-0.05, 0) is 58.4 Å². The van der Waals surface area contributed by atoms with E-state index in [1.54, 1.807) is 34.1 Å². The largest absolute Gasteiger partial charge is 0.481 e. The molecule has 0 amide bonds. The highest BCUT2D eigenvalue weighted by Crippen LogP contribution is 2.26. The van der Waals surface area contributed by atoms with Gasteiger partial charge in [0.1, 0.15) is 0 Å². The van der Waals surface area contributed by atoms with E-state index >= 15 is 0 Å². The number of pyridine rings is 1. The third-order valence-corrected chi connectivity index (χ3v) is 6.77. The predicted molar refractivity (Wildman–Crippen MR) is 96.8 cm³/mol. The average molecular weight is 356 g/mol. The second-order valence-electron chi connectivity index (χ2n) is 7.42. The molecule has 0 saturated heterocycles. The van der Waals surface area contributed by atoms with Gasteiger partial charge in [0.2, 0.25) is 15.9 Å². The number of rotatable bonds is 6. The highest BCUT2D eigenvalue weighted by atomic mass is 32.2. The molecule has 1 heterocycles. The maximum atomic E-state index is 12.2. The van der Waals surface area contributed by atoms with Crippen LogP contribution in [0.4, 0.5) is 5.69 Å². The van der Waals surface area contributed by atoms with Crippen molar-refractivity contribution in [1.29, 1.82) is 0 Å². The number of methoxy groups -OCH3 is 1. The molecule has 0 aliphatic heterocycles. The molecule has 1 aliphatic carbocycles. The van der Waals surface area contributed by atoms with Crippen molar-refractivity contribution in [3.8, 4) is 5.88 Å². The molecule has 2 N–H and O–H groups in total. The van der Waals surface area contributed by atoms with Gasteiger partial charge in [0.25, 0.3) is 0 Å². The molecule has 0 bridgehead atoms. The van der Waals surface area contributed by atoms with Gasteiger partial charge in [-0.3, -0.25) is 0 Å². The standard InChI is InChI=1S/C17H29N3O3S/c1-17(2,3)24(21,22)20-14-7-5-13(6-8-14)11-18-15-9-10-16(23-4)19-12-15/h9-10,12-14,18,20H,5-8,11H2,1-4H3. The van der Waals surface area contributed by atoms with Gasteiger partial charge in [0.15, 0.2) is 0 Å². The SMILES string of the molecule is COc1ccc(NCC2CCC(NS(=O)(=O)C(C)(C)C)CC2)cn1.